The highest BCUT2D eigenvalue weighted by atomic mass is 32.1. The molecule has 0 aliphatic carbocycles. The quantitative estimate of drug-likeness (QED) is 0.649. The van der Waals surface area contributed by atoms with Gasteiger partial charge in [-0.2, -0.15) is 0 Å². The van der Waals surface area contributed by atoms with E-state index in [4.69, 9.17) is 9.72 Å². The number of benzene rings is 2. The van der Waals surface area contributed by atoms with E-state index in [0.717, 1.165) is 33.2 Å². The lowest BCUT2D eigenvalue weighted by Gasteiger charge is -2.20. The number of rotatable bonds is 8. The standard InChI is InChI=1S/C21H25N3O2S/c1-4-26-17-11-8-12-18-20(17)22-21(27-18)24(14-13-23(2)3)19(25)15-16-9-6-5-7-10-16/h5-12H,4,13-15H2,1-3H3/p+1. The van der Waals surface area contributed by atoms with Crippen molar-refractivity contribution in [3.63, 3.8) is 0 Å². The van der Waals surface area contributed by atoms with Gasteiger partial charge in [-0.3, -0.25) is 9.69 Å². The van der Waals surface area contributed by atoms with E-state index >= 15 is 0 Å². The van der Waals surface area contributed by atoms with Crippen LogP contribution >= 0.6 is 11.3 Å². The molecule has 27 heavy (non-hydrogen) atoms. The van der Waals surface area contributed by atoms with Crippen molar-refractivity contribution in [2.75, 3.05) is 38.7 Å². The van der Waals surface area contributed by atoms with Crippen LogP contribution in [-0.4, -0.2) is 44.7 Å². The number of amides is 1. The molecule has 3 aromatic rings. The largest absolute Gasteiger partial charge is 0.492 e. The average Bonchev–Trinajstić information content (AvgIpc) is 3.07. The number of nitrogens with one attached hydrogen (secondary N) is 1. The molecule has 2 aromatic carbocycles. The number of hydrogen-bond acceptors (Lipinski definition) is 4. The highest BCUT2D eigenvalue weighted by molar-refractivity contribution is 7.22. The summed E-state index contributed by atoms with van der Waals surface area (Å²) >= 11 is 1.54. The first-order valence-electron chi connectivity index (χ1n) is 9.24. The van der Waals surface area contributed by atoms with Crippen LogP contribution in [0.3, 0.4) is 0 Å². The van der Waals surface area contributed by atoms with Crippen LogP contribution in [-0.2, 0) is 11.2 Å². The lowest BCUT2D eigenvalue weighted by atomic mass is 10.1. The van der Waals surface area contributed by atoms with Gasteiger partial charge < -0.3 is 9.64 Å². The van der Waals surface area contributed by atoms with Crippen molar-refractivity contribution in [2.24, 2.45) is 0 Å². The first kappa shape index (κ1) is 19.3. The Kier molecular flexibility index (Phi) is 6.42. The summed E-state index contributed by atoms with van der Waals surface area (Å²) in [4.78, 5) is 20.9. The Morgan fingerprint density at radius 2 is 1.93 bits per heavy atom. The van der Waals surface area contributed by atoms with Gasteiger partial charge in [0.1, 0.15) is 11.3 Å². The third-order valence-corrected chi connectivity index (χ3v) is 5.28. The molecule has 0 saturated heterocycles. The second kappa shape index (κ2) is 8.97. The van der Waals surface area contributed by atoms with E-state index in [1.54, 1.807) is 11.3 Å². The summed E-state index contributed by atoms with van der Waals surface area (Å²) in [5.41, 5.74) is 1.84. The molecular weight excluding hydrogens is 358 g/mol. The monoisotopic (exact) mass is 384 g/mol. The maximum atomic E-state index is 13.1. The van der Waals surface area contributed by atoms with E-state index in [1.165, 1.54) is 4.90 Å². The van der Waals surface area contributed by atoms with E-state index in [1.807, 2.05) is 60.4 Å². The minimum absolute atomic E-state index is 0.0690. The van der Waals surface area contributed by atoms with Crippen molar-refractivity contribution in [3.8, 4) is 5.75 Å². The van der Waals surface area contributed by atoms with Gasteiger partial charge in [0.15, 0.2) is 5.13 Å². The highest BCUT2D eigenvalue weighted by Gasteiger charge is 2.22. The Balaban J connectivity index is 1.91. The van der Waals surface area contributed by atoms with Crippen molar-refractivity contribution in [1.29, 1.82) is 0 Å². The molecule has 5 nitrogen and oxygen atoms in total. The van der Waals surface area contributed by atoms with Gasteiger partial charge in [-0.15, -0.1) is 0 Å². The Morgan fingerprint density at radius 1 is 1.15 bits per heavy atom. The van der Waals surface area contributed by atoms with E-state index in [9.17, 15) is 4.79 Å². The number of quaternary nitrogens is 1. The molecule has 1 N–H and O–H groups in total. The number of carbonyl (C=O) groups excluding carboxylic acids is 1. The molecule has 3 rings (SSSR count). The van der Waals surface area contributed by atoms with Crippen molar-refractivity contribution in [1.82, 2.24) is 4.98 Å². The minimum atomic E-state index is 0.0690. The molecular formula is C21H26N3O2S+. The summed E-state index contributed by atoms with van der Waals surface area (Å²) in [5.74, 6) is 0.839. The lowest BCUT2D eigenvalue weighted by Crippen LogP contribution is -3.06. The normalized spacial score (nSPS) is 11.1. The van der Waals surface area contributed by atoms with Gasteiger partial charge in [-0.1, -0.05) is 47.7 Å². The maximum absolute atomic E-state index is 13.1. The highest BCUT2D eigenvalue weighted by Crippen LogP contribution is 2.34. The summed E-state index contributed by atoms with van der Waals surface area (Å²) in [6.45, 7) is 4.04. The van der Waals surface area contributed by atoms with Crippen LogP contribution in [0.1, 0.15) is 12.5 Å². The van der Waals surface area contributed by atoms with Gasteiger partial charge in [0.25, 0.3) is 0 Å². The van der Waals surface area contributed by atoms with E-state index in [2.05, 4.69) is 14.1 Å². The van der Waals surface area contributed by atoms with Crippen LogP contribution in [0.4, 0.5) is 5.13 Å². The Labute approximate surface area is 164 Å². The number of nitrogens with zero attached hydrogens (tertiary/aromatic N) is 2. The smallest absolute Gasteiger partial charge is 0.233 e. The van der Waals surface area contributed by atoms with Crippen LogP contribution in [0, 0.1) is 0 Å². The zero-order chi connectivity index (χ0) is 19.2. The molecule has 0 spiro atoms. The maximum Gasteiger partial charge on any atom is 0.233 e. The Bertz CT molecular complexity index is 893. The van der Waals surface area contributed by atoms with Crippen molar-refractivity contribution < 1.29 is 14.4 Å². The molecule has 0 atom stereocenters. The molecule has 0 bridgehead atoms. The summed E-state index contributed by atoms with van der Waals surface area (Å²) in [6.07, 6.45) is 0.373. The Morgan fingerprint density at radius 3 is 2.63 bits per heavy atom. The van der Waals surface area contributed by atoms with E-state index in [-0.39, 0.29) is 5.91 Å². The number of ether oxygens (including phenoxy) is 1. The fraction of sp³-hybridized carbons (Fsp3) is 0.333. The molecule has 142 valence electrons. The molecule has 0 fully saturated rings. The lowest BCUT2D eigenvalue weighted by molar-refractivity contribution is -0.856. The second-order valence-corrected chi connectivity index (χ2v) is 7.71. The van der Waals surface area contributed by atoms with E-state index in [0.29, 0.717) is 19.6 Å². The molecule has 1 aromatic heterocycles. The number of carbonyl (C=O) groups is 1. The van der Waals surface area contributed by atoms with Gasteiger partial charge >= 0.3 is 0 Å². The first-order chi connectivity index (χ1) is 13.1. The molecule has 1 amide bonds. The summed E-state index contributed by atoms with van der Waals surface area (Å²) < 4.78 is 6.74. The number of thiazole rings is 1. The fourth-order valence-electron chi connectivity index (χ4n) is 2.83. The number of fused-ring (bicyclic) bond motifs is 1. The third-order valence-electron chi connectivity index (χ3n) is 4.24. The Hall–Kier alpha value is -2.44. The van der Waals surface area contributed by atoms with Crippen molar-refractivity contribution >= 4 is 32.6 Å². The number of anilines is 1. The van der Waals surface area contributed by atoms with Crippen LogP contribution < -0.4 is 14.5 Å². The molecule has 0 unspecified atom stereocenters. The molecule has 1 heterocycles. The second-order valence-electron chi connectivity index (χ2n) is 6.70. The molecule has 0 saturated carbocycles. The predicted molar refractivity (Wildman–Crippen MR) is 111 cm³/mol. The van der Waals surface area contributed by atoms with Crippen LogP contribution in [0.2, 0.25) is 0 Å². The van der Waals surface area contributed by atoms with Gasteiger partial charge in [-0.05, 0) is 24.6 Å². The summed E-state index contributed by atoms with van der Waals surface area (Å²) in [5, 5.41) is 0.735. The van der Waals surface area contributed by atoms with Crippen molar-refractivity contribution in [3.05, 3.63) is 54.1 Å². The van der Waals surface area contributed by atoms with Crippen LogP contribution in [0.5, 0.6) is 5.75 Å². The van der Waals surface area contributed by atoms with Gasteiger partial charge in [0.2, 0.25) is 5.91 Å². The predicted octanol–water partition coefficient (Wildman–Crippen LogP) is 2.42. The summed E-state index contributed by atoms with van der Waals surface area (Å²) in [6, 6.07) is 15.8. The number of para-hydroxylation sites is 1. The van der Waals surface area contributed by atoms with Gasteiger partial charge in [-0.25, -0.2) is 4.98 Å². The average molecular weight is 385 g/mol. The topological polar surface area (TPSA) is 46.9 Å². The SMILES string of the molecule is CCOc1cccc2sc(N(CC[NH+](C)C)C(=O)Cc3ccccc3)nc12. The molecule has 6 heteroatoms. The van der Waals surface area contributed by atoms with E-state index < -0.39 is 0 Å². The minimum Gasteiger partial charge on any atom is -0.492 e. The zero-order valence-electron chi connectivity index (χ0n) is 16.1. The number of likely N-dealkylation sites (N-methyl/N-ethyl adjacent to an activating group) is 1. The number of aromatic nitrogens is 1. The number of hydrogen-bond donors (Lipinski definition) is 1. The fourth-order valence-corrected chi connectivity index (χ4v) is 3.85. The van der Waals surface area contributed by atoms with Crippen LogP contribution in [0.25, 0.3) is 10.2 Å². The molecule has 0 aliphatic heterocycles. The van der Waals surface area contributed by atoms with Crippen LogP contribution in [0.15, 0.2) is 48.5 Å². The van der Waals surface area contributed by atoms with Gasteiger partial charge in [0, 0.05) is 0 Å². The third kappa shape index (κ3) is 4.84. The molecule has 0 aliphatic rings. The van der Waals surface area contributed by atoms with Gasteiger partial charge in [0.05, 0.1) is 44.9 Å². The summed E-state index contributed by atoms with van der Waals surface area (Å²) in [7, 11) is 4.18. The first-order valence-corrected chi connectivity index (χ1v) is 10.1. The molecule has 0 radical (unpaired) electrons. The zero-order valence-corrected chi connectivity index (χ0v) is 16.9. The van der Waals surface area contributed by atoms with Crippen molar-refractivity contribution in [2.45, 2.75) is 13.3 Å².